The number of carbonyl (C=O) groups is 1. The van der Waals surface area contributed by atoms with Crippen LogP contribution in [0.1, 0.15) is 61.3 Å². The lowest BCUT2D eigenvalue weighted by atomic mass is 10.0. The second kappa shape index (κ2) is 6.63. The van der Waals surface area contributed by atoms with Crippen LogP contribution in [0, 0.1) is 13.8 Å². The molecular formula is C18H30N4O. The molecule has 2 atom stereocenters. The third-order valence-corrected chi connectivity index (χ3v) is 5.72. The molecule has 0 bridgehead atoms. The van der Waals surface area contributed by atoms with Crippen molar-refractivity contribution >= 4 is 5.91 Å². The van der Waals surface area contributed by atoms with E-state index in [9.17, 15) is 4.79 Å². The van der Waals surface area contributed by atoms with Crippen LogP contribution in [0.5, 0.6) is 0 Å². The molecule has 1 aromatic rings. The number of hydrogen-bond acceptors (Lipinski definition) is 3. The molecule has 2 fully saturated rings. The van der Waals surface area contributed by atoms with Crippen LogP contribution in [0.4, 0.5) is 0 Å². The van der Waals surface area contributed by atoms with Gasteiger partial charge in [0.1, 0.15) is 0 Å². The normalized spacial score (nSPS) is 25.5. The van der Waals surface area contributed by atoms with Crippen LogP contribution in [0.25, 0.3) is 0 Å². The number of rotatable bonds is 4. The third-order valence-electron chi connectivity index (χ3n) is 5.72. The first-order valence-corrected chi connectivity index (χ1v) is 9.17. The van der Waals surface area contributed by atoms with Gasteiger partial charge in [0.25, 0.3) is 5.91 Å². The number of nitrogens with zero attached hydrogens (tertiary/aromatic N) is 4. The summed E-state index contributed by atoms with van der Waals surface area (Å²) in [6.45, 7) is 12.3. The Labute approximate surface area is 139 Å². The van der Waals surface area contributed by atoms with Gasteiger partial charge in [0.2, 0.25) is 0 Å². The predicted octanol–water partition coefficient (Wildman–Crippen LogP) is 2.61. The summed E-state index contributed by atoms with van der Waals surface area (Å²) in [6.07, 6.45) is 4.77. The number of carbonyl (C=O) groups excluding carboxylic acids is 1. The van der Waals surface area contributed by atoms with Crippen LogP contribution in [0.15, 0.2) is 0 Å². The number of amides is 1. The summed E-state index contributed by atoms with van der Waals surface area (Å²) >= 11 is 0. The fourth-order valence-electron chi connectivity index (χ4n) is 4.58. The molecule has 2 aliphatic rings. The van der Waals surface area contributed by atoms with Gasteiger partial charge in [0.05, 0.1) is 11.3 Å². The monoisotopic (exact) mass is 318 g/mol. The zero-order chi connectivity index (χ0) is 16.6. The van der Waals surface area contributed by atoms with Gasteiger partial charge in [0, 0.05) is 30.9 Å². The average molecular weight is 318 g/mol. The standard InChI is InChI=1S/C18H30N4O/c1-5-20-11-7-9-15(20)16-10-8-12-21(16)18(23)17-13(3)19-22(6-2)14(17)4/h15-16H,5-12H2,1-4H3/t15-,16-/m0/s1. The highest BCUT2D eigenvalue weighted by Crippen LogP contribution is 2.31. The molecule has 0 aliphatic carbocycles. The molecule has 0 saturated carbocycles. The van der Waals surface area contributed by atoms with Crippen LogP contribution >= 0.6 is 0 Å². The smallest absolute Gasteiger partial charge is 0.257 e. The topological polar surface area (TPSA) is 41.4 Å². The maximum Gasteiger partial charge on any atom is 0.257 e. The van der Waals surface area contributed by atoms with Crippen LogP contribution < -0.4 is 0 Å². The second-order valence-electron chi connectivity index (χ2n) is 6.91. The van der Waals surface area contributed by atoms with Crippen molar-refractivity contribution < 1.29 is 4.79 Å². The summed E-state index contributed by atoms with van der Waals surface area (Å²) in [5.74, 6) is 0.199. The Kier molecular flexibility index (Phi) is 4.76. The van der Waals surface area contributed by atoms with Gasteiger partial charge >= 0.3 is 0 Å². The Bertz CT molecular complexity index is 580. The highest BCUT2D eigenvalue weighted by atomic mass is 16.2. The molecule has 0 N–H and O–H groups in total. The van der Waals surface area contributed by atoms with Crippen molar-refractivity contribution in [1.29, 1.82) is 0 Å². The van der Waals surface area contributed by atoms with E-state index in [1.807, 2.05) is 18.5 Å². The van der Waals surface area contributed by atoms with E-state index in [0.717, 1.165) is 49.4 Å². The third kappa shape index (κ3) is 2.80. The van der Waals surface area contributed by atoms with Gasteiger partial charge in [-0.25, -0.2) is 0 Å². The molecule has 0 radical (unpaired) electrons. The molecule has 3 rings (SSSR count). The van der Waals surface area contributed by atoms with Crippen molar-refractivity contribution in [2.45, 2.75) is 72.0 Å². The molecule has 2 aliphatic heterocycles. The number of likely N-dealkylation sites (tertiary alicyclic amines) is 2. The number of likely N-dealkylation sites (N-methyl/N-ethyl adjacent to an activating group) is 1. The first-order valence-electron chi connectivity index (χ1n) is 9.17. The molecule has 128 valence electrons. The maximum atomic E-state index is 13.2. The van der Waals surface area contributed by atoms with Crippen molar-refractivity contribution in [2.24, 2.45) is 0 Å². The van der Waals surface area contributed by atoms with Gasteiger partial charge in [-0.3, -0.25) is 14.4 Å². The van der Waals surface area contributed by atoms with Crippen LogP contribution in [-0.4, -0.2) is 57.2 Å². The first-order chi connectivity index (χ1) is 11.1. The maximum absolute atomic E-state index is 13.2. The van der Waals surface area contributed by atoms with Crippen molar-refractivity contribution in [2.75, 3.05) is 19.6 Å². The summed E-state index contributed by atoms with van der Waals surface area (Å²) in [5, 5.41) is 4.53. The Morgan fingerprint density at radius 2 is 1.78 bits per heavy atom. The molecule has 5 nitrogen and oxygen atoms in total. The van der Waals surface area contributed by atoms with E-state index in [2.05, 4.69) is 28.7 Å². The summed E-state index contributed by atoms with van der Waals surface area (Å²) in [5.41, 5.74) is 2.72. The minimum atomic E-state index is 0.199. The lowest BCUT2D eigenvalue weighted by Crippen LogP contribution is -2.48. The van der Waals surface area contributed by atoms with Gasteiger partial charge in [-0.1, -0.05) is 6.92 Å². The summed E-state index contributed by atoms with van der Waals surface area (Å²) in [4.78, 5) is 17.9. The first kappa shape index (κ1) is 16.5. The van der Waals surface area contributed by atoms with E-state index in [1.54, 1.807) is 0 Å². The van der Waals surface area contributed by atoms with E-state index >= 15 is 0 Å². The zero-order valence-electron chi connectivity index (χ0n) is 15.0. The van der Waals surface area contributed by atoms with Crippen LogP contribution in [0.2, 0.25) is 0 Å². The van der Waals surface area contributed by atoms with Crippen molar-refractivity contribution in [1.82, 2.24) is 19.6 Å². The molecule has 5 heteroatoms. The van der Waals surface area contributed by atoms with Gasteiger partial charge in [-0.15, -0.1) is 0 Å². The quantitative estimate of drug-likeness (QED) is 0.857. The molecule has 3 heterocycles. The van der Waals surface area contributed by atoms with Gasteiger partial charge in [0.15, 0.2) is 0 Å². The second-order valence-corrected chi connectivity index (χ2v) is 6.91. The van der Waals surface area contributed by atoms with Gasteiger partial charge in [-0.2, -0.15) is 5.10 Å². The molecule has 0 spiro atoms. The summed E-state index contributed by atoms with van der Waals surface area (Å²) in [7, 11) is 0. The number of aromatic nitrogens is 2. The van der Waals surface area contributed by atoms with Gasteiger partial charge < -0.3 is 4.90 Å². The number of aryl methyl sites for hydroxylation is 2. The molecule has 0 aromatic carbocycles. The average Bonchev–Trinajstić information content (AvgIpc) is 3.24. The van der Waals surface area contributed by atoms with E-state index < -0.39 is 0 Å². The van der Waals surface area contributed by atoms with E-state index in [1.165, 1.54) is 19.4 Å². The molecule has 0 unspecified atom stereocenters. The Morgan fingerprint density at radius 3 is 2.43 bits per heavy atom. The largest absolute Gasteiger partial charge is 0.334 e. The SMILES string of the molecule is CCN1CCC[C@H]1[C@@H]1CCCN1C(=O)c1c(C)nn(CC)c1C. The molecule has 1 amide bonds. The molecule has 2 saturated heterocycles. The van der Waals surface area contributed by atoms with Crippen molar-refractivity contribution in [3.8, 4) is 0 Å². The zero-order valence-corrected chi connectivity index (χ0v) is 15.0. The fraction of sp³-hybridized carbons (Fsp3) is 0.778. The molecular weight excluding hydrogens is 288 g/mol. The van der Waals surface area contributed by atoms with Crippen molar-refractivity contribution in [3.05, 3.63) is 17.0 Å². The van der Waals surface area contributed by atoms with E-state index in [4.69, 9.17) is 0 Å². The Morgan fingerprint density at radius 1 is 1.09 bits per heavy atom. The minimum Gasteiger partial charge on any atom is -0.334 e. The summed E-state index contributed by atoms with van der Waals surface area (Å²) < 4.78 is 1.95. The predicted molar refractivity (Wildman–Crippen MR) is 91.7 cm³/mol. The molecule has 1 aromatic heterocycles. The van der Waals surface area contributed by atoms with Gasteiger partial charge in [-0.05, 0) is 59.5 Å². The van der Waals surface area contributed by atoms with Crippen LogP contribution in [0.3, 0.4) is 0 Å². The highest BCUT2D eigenvalue weighted by molar-refractivity contribution is 5.96. The number of hydrogen-bond donors (Lipinski definition) is 0. The Hall–Kier alpha value is -1.36. The van der Waals surface area contributed by atoms with Crippen molar-refractivity contribution in [3.63, 3.8) is 0 Å². The lowest BCUT2D eigenvalue weighted by Gasteiger charge is -2.34. The minimum absolute atomic E-state index is 0.199. The van der Waals surface area contributed by atoms with E-state index in [0.29, 0.717) is 12.1 Å². The fourth-order valence-corrected chi connectivity index (χ4v) is 4.58. The summed E-state index contributed by atoms with van der Waals surface area (Å²) in [6, 6.07) is 0.932. The highest BCUT2D eigenvalue weighted by Gasteiger charge is 2.40. The Balaban J connectivity index is 1.85. The molecule has 23 heavy (non-hydrogen) atoms. The van der Waals surface area contributed by atoms with Crippen LogP contribution in [-0.2, 0) is 6.54 Å². The lowest BCUT2D eigenvalue weighted by molar-refractivity contribution is 0.0648. The van der Waals surface area contributed by atoms with E-state index in [-0.39, 0.29) is 5.91 Å².